The third-order valence-electron chi connectivity index (χ3n) is 2.62. The molecule has 0 saturated heterocycles. The molecule has 1 aromatic heterocycles. The first-order valence-corrected chi connectivity index (χ1v) is 8.80. The molecule has 1 rings (SSSR count). The fourth-order valence-corrected chi connectivity index (χ4v) is 3.81. The molecule has 0 unspecified atom stereocenters. The van der Waals surface area contributed by atoms with E-state index >= 15 is 0 Å². The zero-order chi connectivity index (χ0) is 13.4. The molecule has 0 amide bonds. The molecule has 1 N–H and O–H groups in total. The van der Waals surface area contributed by atoms with Crippen LogP contribution in [0.15, 0.2) is 17.5 Å². The smallest absolute Gasteiger partial charge is 0.215 e. The topological polar surface area (TPSA) is 49.4 Å². The van der Waals surface area contributed by atoms with E-state index in [-0.39, 0.29) is 5.75 Å². The van der Waals surface area contributed by atoms with Crippen LogP contribution in [0.1, 0.15) is 25.1 Å². The second-order valence-electron chi connectivity index (χ2n) is 4.07. The van der Waals surface area contributed by atoms with E-state index in [0.717, 1.165) is 17.8 Å². The Bertz CT molecular complexity index is 415. The van der Waals surface area contributed by atoms with Gasteiger partial charge < -0.3 is 5.32 Å². The van der Waals surface area contributed by atoms with E-state index in [1.54, 1.807) is 15.6 Å². The summed E-state index contributed by atoms with van der Waals surface area (Å²) in [5.74, 6) is 0.173. The molecule has 0 bridgehead atoms. The number of hydrogen-bond donors (Lipinski definition) is 1. The summed E-state index contributed by atoms with van der Waals surface area (Å²) in [4.78, 5) is 1.09. The summed E-state index contributed by atoms with van der Waals surface area (Å²) >= 11 is 1.59. The van der Waals surface area contributed by atoms with Crippen LogP contribution in [0.25, 0.3) is 0 Å². The van der Waals surface area contributed by atoms with E-state index in [9.17, 15) is 8.42 Å². The lowest BCUT2D eigenvalue weighted by molar-refractivity contribution is 0.425. The van der Waals surface area contributed by atoms with Crippen LogP contribution in [0.4, 0.5) is 0 Å². The minimum atomic E-state index is -3.15. The zero-order valence-electron chi connectivity index (χ0n) is 11.1. The molecular formula is C12H22N2O2S2. The summed E-state index contributed by atoms with van der Waals surface area (Å²) in [6.45, 7) is 6.35. The predicted molar refractivity (Wildman–Crippen MR) is 77.4 cm³/mol. The Balaban J connectivity index is 2.51. The SMILES string of the molecule is CCCNCCS(=O)(=O)N(CC)Cc1cccs1. The van der Waals surface area contributed by atoms with Crippen LogP contribution in [0.2, 0.25) is 0 Å². The van der Waals surface area contributed by atoms with Crippen LogP contribution in [0.5, 0.6) is 0 Å². The van der Waals surface area contributed by atoms with Crippen LogP contribution in [0, 0.1) is 0 Å². The number of hydrogen-bond acceptors (Lipinski definition) is 4. The van der Waals surface area contributed by atoms with Crippen molar-refractivity contribution in [3.8, 4) is 0 Å². The maximum absolute atomic E-state index is 12.1. The molecule has 0 radical (unpaired) electrons. The Labute approximate surface area is 114 Å². The standard InChI is InChI=1S/C12H22N2O2S2/c1-3-7-13-8-10-18(15,16)14(4-2)11-12-6-5-9-17-12/h5-6,9,13H,3-4,7-8,10-11H2,1-2H3. The minimum absolute atomic E-state index is 0.173. The third kappa shape index (κ3) is 5.06. The van der Waals surface area contributed by atoms with Crippen molar-refractivity contribution in [3.63, 3.8) is 0 Å². The third-order valence-corrected chi connectivity index (χ3v) is 5.38. The molecule has 1 aromatic rings. The van der Waals surface area contributed by atoms with Gasteiger partial charge in [0.2, 0.25) is 10.0 Å². The molecular weight excluding hydrogens is 268 g/mol. The summed E-state index contributed by atoms with van der Waals surface area (Å²) < 4.78 is 25.8. The van der Waals surface area contributed by atoms with Gasteiger partial charge in [-0.2, -0.15) is 4.31 Å². The van der Waals surface area contributed by atoms with Gasteiger partial charge in [0.1, 0.15) is 0 Å². The molecule has 0 spiro atoms. The van der Waals surface area contributed by atoms with Gasteiger partial charge in [0.05, 0.1) is 5.75 Å². The lowest BCUT2D eigenvalue weighted by Crippen LogP contribution is -2.35. The number of rotatable bonds is 9. The minimum Gasteiger partial charge on any atom is -0.316 e. The van der Waals surface area contributed by atoms with Crippen molar-refractivity contribution in [2.75, 3.05) is 25.4 Å². The zero-order valence-corrected chi connectivity index (χ0v) is 12.7. The maximum Gasteiger partial charge on any atom is 0.215 e. The Morgan fingerprint density at radius 1 is 1.33 bits per heavy atom. The second-order valence-corrected chi connectivity index (χ2v) is 7.19. The average Bonchev–Trinajstić information content (AvgIpc) is 2.84. The fourth-order valence-electron chi connectivity index (χ4n) is 1.62. The van der Waals surface area contributed by atoms with Crippen molar-refractivity contribution in [2.24, 2.45) is 0 Å². The van der Waals surface area contributed by atoms with Gasteiger partial charge in [-0.3, -0.25) is 0 Å². The Morgan fingerprint density at radius 2 is 2.11 bits per heavy atom. The highest BCUT2D eigenvalue weighted by Gasteiger charge is 2.20. The molecule has 0 aliphatic heterocycles. The van der Waals surface area contributed by atoms with Gasteiger partial charge >= 0.3 is 0 Å². The van der Waals surface area contributed by atoms with Crippen LogP contribution in [0.3, 0.4) is 0 Å². The number of sulfonamides is 1. The Kier molecular flexibility index (Phi) is 6.85. The van der Waals surface area contributed by atoms with Crippen LogP contribution in [-0.4, -0.2) is 38.1 Å². The largest absolute Gasteiger partial charge is 0.316 e. The Morgan fingerprint density at radius 3 is 2.67 bits per heavy atom. The highest BCUT2D eigenvalue weighted by atomic mass is 32.2. The lowest BCUT2D eigenvalue weighted by Gasteiger charge is -2.19. The van der Waals surface area contributed by atoms with Crippen LogP contribution in [-0.2, 0) is 16.6 Å². The summed E-state index contributed by atoms with van der Waals surface area (Å²) in [6, 6.07) is 3.92. The summed E-state index contributed by atoms with van der Waals surface area (Å²) in [7, 11) is -3.15. The first-order chi connectivity index (χ1) is 8.60. The number of nitrogens with zero attached hydrogens (tertiary/aromatic N) is 1. The molecule has 0 saturated carbocycles. The van der Waals surface area contributed by atoms with Crippen LogP contribution < -0.4 is 5.32 Å². The second kappa shape index (κ2) is 7.89. The maximum atomic E-state index is 12.1. The van der Waals surface area contributed by atoms with Crippen molar-refractivity contribution in [2.45, 2.75) is 26.8 Å². The van der Waals surface area contributed by atoms with Crippen molar-refractivity contribution in [1.29, 1.82) is 0 Å². The number of nitrogens with one attached hydrogen (secondary N) is 1. The van der Waals surface area contributed by atoms with E-state index in [1.165, 1.54) is 0 Å². The van der Waals surface area contributed by atoms with Gasteiger partial charge in [0.15, 0.2) is 0 Å². The van der Waals surface area contributed by atoms with Crippen molar-refractivity contribution >= 4 is 21.4 Å². The highest BCUT2D eigenvalue weighted by molar-refractivity contribution is 7.89. The molecule has 4 nitrogen and oxygen atoms in total. The van der Waals surface area contributed by atoms with E-state index in [1.807, 2.05) is 24.4 Å². The van der Waals surface area contributed by atoms with Gasteiger partial charge in [-0.15, -0.1) is 11.3 Å². The fraction of sp³-hybridized carbons (Fsp3) is 0.667. The molecule has 0 aromatic carbocycles. The quantitative estimate of drug-likeness (QED) is 0.707. The summed E-state index contributed by atoms with van der Waals surface area (Å²) in [6.07, 6.45) is 1.02. The molecule has 104 valence electrons. The van der Waals surface area contributed by atoms with E-state index in [2.05, 4.69) is 12.2 Å². The molecule has 1 heterocycles. The Hall–Kier alpha value is -0.430. The van der Waals surface area contributed by atoms with E-state index < -0.39 is 10.0 Å². The van der Waals surface area contributed by atoms with Gasteiger partial charge in [0, 0.05) is 24.5 Å². The van der Waals surface area contributed by atoms with E-state index in [4.69, 9.17) is 0 Å². The predicted octanol–water partition coefficient (Wildman–Crippen LogP) is 1.90. The van der Waals surface area contributed by atoms with Gasteiger partial charge in [-0.25, -0.2) is 8.42 Å². The molecule has 0 aliphatic rings. The van der Waals surface area contributed by atoms with Crippen molar-refractivity contribution in [3.05, 3.63) is 22.4 Å². The van der Waals surface area contributed by atoms with Crippen LogP contribution >= 0.6 is 11.3 Å². The summed E-state index contributed by atoms with van der Waals surface area (Å²) in [5.41, 5.74) is 0. The van der Waals surface area contributed by atoms with Gasteiger partial charge in [0.25, 0.3) is 0 Å². The molecule has 0 fully saturated rings. The number of thiophene rings is 1. The molecule has 18 heavy (non-hydrogen) atoms. The summed E-state index contributed by atoms with van der Waals surface area (Å²) in [5, 5.41) is 5.10. The highest BCUT2D eigenvalue weighted by Crippen LogP contribution is 2.14. The first kappa shape index (κ1) is 15.6. The molecule has 6 heteroatoms. The lowest BCUT2D eigenvalue weighted by atomic mass is 10.4. The monoisotopic (exact) mass is 290 g/mol. The normalized spacial score (nSPS) is 12.2. The first-order valence-electron chi connectivity index (χ1n) is 6.31. The van der Waals surface area contributed by atoms with E-state index in [0.29, 0.717) is 19.6 Å². The van der Waals surface area contributed by atoms with Gasteiger partial charge in [-0.05, 0) is 24.4 Å². The van der Waals surface area contributed by atoms with Gasteiger partial charge in [-0.1, -0.05) is 19.9 Å². The molecule has 0 aliphatic carbocycles. The van der Waals surface area contributed by atoms with Crippen molar-refractivity contribution < 1.29 is 8.42 Å². The van der Waals surface area contributed by atoms with Crippen molar-refractivity contribution in [1.82, 2.24) is 9.62 Å². The molecule has 0 atom stereocenters. The average molecular weight is 290 g/mol.